The zero-order valence-electron chi connectivity index (χ0n) is 15.8. The van der Waals surface area contributed by atoms with Gasteiger partial charge in [-0.15, -0.1) is 0 Å². The number of nitrogens with zero attached hydrogens (tertiary/aromatic N) is 1. The second-order valence-corrected chi connectivity index (χ2v) is 6.24. The van der Waals surface area contributed by atoms with Crippen LogP contribution in [0.3, 0.4) is 0 Å². The smallest absolute Gasteiger partial charge is 0.337 e. The Bertz CT molecular complexity index is 1020. The summed E-state index contributed by atoms with van der Waals surface area (Å²) in [5.41, 5.74) is 0.905. The molecule has 3 rings (SSSR count). The molecule has 2 aromatic rings. The minimum absolute atomic E-state index is 0.0859. The molecule has 2 aromatic carbocycles. The molecule has 0 saturated heterocycles. The quantitative estimate of drug-likeness (QED) is 0.571. The lowest BCUT2D eigenvalue weighted by Gasteiger charge is -2.16. The molecule has 1 N–H and O–H groups in total. The van der Waals surface area contributed by atoms with E-state index in [2.05, 4.69) is 10.1 Å². The molecule has 9 heteroatoms. The number of nitrogens with one attached hydrogen (secondary N) is 1. The maximum Gasteiger partial charge on any atom is 0.337 e. The number of hydrogen-bond acceptors (Lipinski definition) is 7. The van der Waals surface area contributed by atoms with Crippen LogP contribution in [0.25, 0.3) is 0 Å². The molecule has 29 heavy (non-hydrogen) atoms. The molecule has 8 nitrogen and oxygen atoms in total. The SMILES string of the molecule is COC(=O)c1ccc(N2C(=O)C(Cl)=C(Nc3ccc(OC)cc3OC)C2=O)cc1. The molecule has 0 saturated carbocycles. The molecule has 150 valence electrons. The van der Waals surface area contributed by atoms with E-state index in [1.807, 2.05) is 0 Å². The number of halogens is 1. The van der Waals surface area contributed by atoms with Crippen molar-refractivity contribution in [2.75, 3.05) is 31.5 Å². The van der Waals surface area contributed by atoms with E-state index in [-0.39, 0.29) is 22.0 Å². The number of benzene rings is 2. The van der Waals surface area contributed by atoms with Gasteiger partial charge >= 0.3 is 5.97 Å². The van der Waals surface area contributed by atoms with Crippen LogP contribution in [-0.2, 0) is 14.3 Å². The summed E-state index contributed by atoms with van der Waals surface area (Å²) >= 11 is 6.14. The van der Waals surface area contributed by atoms with E-state index in [9.17, 15) is 14.4 Å². The van der Waals surface area contributed by atoms with Gasteiger partial charge in [0.25, 0.3) is 11.8 Å². The van der Waals surface area contributed by atoms with Crippen LogP contribution in [0.15, 0.2) is 53.2 Å². The molecule has 0 aliphatic carbocycles. The van der Waals surface area contributed by atoms with Gasteiger partial charge in [-0.25, -0.2) is 9.69 Å². The van der Waals surface area contributed by atoms with Crippen molar-refractivity contribution < 1.29 is 28.6 Å². The zero-order valence-corrected chi connectivity index (χ0v) is 16.6. The third kappa shape index (κ3) is 3.74. The Hall–Kier alpha value is -3.52. The first-order chi connectivity index (χ1) is 13.9. The molecule has 0 radical (unpaired) electrons. The molecular formula is C20H17ClN2O6. The lowest BCUT2D eigenvalue weighted by molar-refractivity contribution is -0.120. The van der Waals surface area contributed by atoms with Gasteiger partial charge in [-0.05, 0) is 36.4 Å². The van der Waals surface area contributed by atoms with Crippen LogP contribution in [0.4, 0.5) is 11.4 Å². The number of ether oxygens (including phenoxy) is 3. The number of anilines is 2. The van der Waals surface area contributed by atoms with Crippen molar-refractivity contribution in [3.05, 3.63) is 58.8 Å². The fraction of sp³-hybridized carbons (Fsp3) is 0.150. The van der Waals surface area contributed by atoms with Gasteiger partial charge in [-0.2, -0.15) is 0 Å². The third-order valence-corrected chi connectivity index (χ3v) is 4.59. The maximum atomic E-state index is 12.9. The molecule has 1 aliphatic heterocycles. The van der Waals surface area contributed by atoms with Crippen LogP contribution >= 0.6 is 11.6 Å². The summed E-state index contributed by atoms with van der Waals surface area (Å²) < 4.78 is 15.1. The molecule has 1 heterocycles. The van der Waals surface area contributed by atoms with Gasteiger partial charge in [0.2, 0.25) is 0 Å². The van der Waals surface area contributed by atoms with Gasteiger partial charge in [0, 0.05) is 6.07 Å². The van der Waals surface area contributed by atoms with Crippen molar-refractivity contribution >= 4 is 40.8 Å². The number of methoxy groups -OCH3 is 3. The van der Waals surface area contributed by atoms with E-state index in [1.165, 1.54) is 45.6 Å². The first kappa shape index (κ1) is 20.2. The summed E-state index contributed by atoms with van der Waals surface area (Å²) in [5.74, 6) is -0.877. The van der Waals surface area contributed by atoms with Crippen molar-refractivity contribution in [2.45, 2.75) is 0 Å². The van der Waals surface area contributed by atoms with Gasteiger partial charge in [0.15, 0.2) is 0 Å². The Labute approximate surface area is 171 Å². The average molecular weight is 417 g/mol. The summed E-state index contributed by atoms with van der Waals surface area (Å²) in [6.45, 7) is 0. The molecule has 1 aliphatic rings. The molecular weight excluding hydrogens is 400 g/mol. The van der Waals surface area contributed by atoms with Gasteiger partial charge in [-0.3, -0.25) is 9.59 Å². The average Bonchev–Trinajstić information content (AvgIpc) is 2.96. The molecule has 0 atom stereocenters. The molecule has 0 aromatic heterocycles. The van der Waals surface area contributed by atoms with E-state index in [4.69, 9.17) is 21.1 Å². The Morgan fingerprint density at radius 1 is 0.966 bits per heavy atom. The predicted octanol–water partition coefficient (Wildman–Crippen LogP) is 2.93. The third-order valence-electron chi connectivity index (χ3n) is 4.24. The molecule has 2 amide bonds. The number of carbonyl (C=O) groups is 3. The summed E-state index contributed by atoms with van der Waals surface area (Å²) in [6, 6.07) is 10.8. The lowest BCUT2D eigenvalue weighted by Crippen LogP contribution is -2.32. The van der Waals surface area contributed by atoms with Crippen LogP contribution in [0.5, 0.6) is 11.5 Å². The summed E-state index contributed by atoms with van der Waals surface area (Å²) in [7, 11) is 4.25. The molecule has 0 unspecified atom stereocenters. The number of imide groups is 1. The Balaban J connectivity index is 1.88. The van der Waals surface area contributed by atoms with Crippen LogP contribution in [0, 0.1) is 0 Å². The van der Waals surface area contributed by atoms with Crippen LogP contribution < -0.4 is 19.7 Å². The molecule has 0 spiro atoms. The van der Waals surface area contributed by atoms with E-state index in [0.717, 1.165) is 4.90 Å². The Morgan fingerprint density at radius 2 is 1.66 bits per heavy atom. The first-order valence-corrected chi connectivity index (χ1v) is 8.75. The predicted molar refractivity (Wildman–Crippen MR) is 106 cm³/mol. The van der Waals surface area contributed by atoms with Crippen LogP contribution in [0.1, 0.15) is 10.4 Å². The van der Waals surface area contributed by atoms with E-state index >= 15 is 0 Å². The zero-order chi connectivity index (χ0) is 21.1. The van der Waals surface area contributed by atoms with Gasteiger partial charge in [0.05, 0.1) is 38.3 Å². The fourth-order valence-electron chi connectivity index (χ4n) is 2.75. The Kier molecular flexibility index (Phi) is 5.74. The molecule has 0 fully saturated rings. The highest BCUT2D eigenvalue weighted by Crippen LogP contribution is 2.34. The number of carbonyl (C=O) groups excluding carboxylic acids is 3. The second kappa shape index (κ2) is 8.24. The van der Waals surface area contributed by atoms with Crippen molar-refractivity contribution in [3.63, 3.8) is 0 Å². The number of hydrogen-bond donors (Lipinski definition) is 1. The Morgan fingerprint density at radius 3 is 2.24 bits per heavy atom. The minimum Gasteiger partial charge on any atom is -0.497 e. The summed E-state index contributed by atoms with van der Waals surface area (Å²) in [4.78, 5) is 37.9. The van der Waals surface area contributed by atoms with Crippen molar-refractivity contribution in [2.24, 2.45) is 0 Å². The highest BCUT2D eigenvalue weighted by Gasteiger charge is 2.39. The normalized spacial score (nSPS) is 13.6. The van der Waals surface area contributed by atoms with Crippen LogP contribution in [0.2, 0.25) is 0 Å². The van der Waals surface area contributed by atoms with Gasteiger partial charge in [-0.1, -0.05) is 11.6 Å². The summed E-state index contributed by atoms with van der Waals surface area (Å²) in [5, 5.41) is 2.60. The van der Waals surface area contributed by atoms with Gasteiger partial charge in [0.1, 0.15) is 22.2 Å². The highest BCUT2D eigenvalue weighted by molar-refractivity contribution is 6.53. The maximum absolute atomic E-state index is 12.9. The standard InChI is InChI=1S/C20H17ClN2O6/c1-27-13-8-9-14(15(10-13)28-2)22-17-16(21)18(24)23(19(17)25)12-6-4-11(5-7-12)20(26)29-3/h4-10,22H,1-3H3. The topological polar surface area (TPSA) is 94.2 Å². The molecule has 0 bridgehead atoms. The number of esters is 1. The van der Waals surface area contributed by atoms with Gasteiger partial charge < -0.3 is 19.5 Å². The number of rotatable bonds is 6. The lowest BCUT2D eigenvalue weighted by atomic mass is 10.2. The van der Waals surface area contributed by atoms with Crippen molar-refractivity contribution in [3.8, 4) is 11.5 Å². The highest BCUT2D eigenvalue weighted by atomic mass is 35.5. The van der Waals surface area contributed by atoms with Crippen molar-refractivity contribution in [1.29, 1.82) is 0 Å². The fourth-order valence-corrected chi connectivity index (χ4v) is 2.96. The van der Waals surface area contributed by atoms with E-state index < -0.39 is 17.8 Å². The monoisotopic (exact) mass is 416 g/mol. The second-order valence-electron chi connectivity index (χ2n) is 5.86. The summed E-state index contributed by atoms with van der Waals surface area (Å²) in [6.07, 6.45) is 0. The minimum atomic E-state index is -0.683. The largest absolute Gasteiger partial charge is 0.497 e. The first-order valence-electron chi connectivity index (χ1n) is 8.37. The van der Waals surface area contributed by atoms with E-state index in [1.54, 1.807) is 18.2 Å². The van der Waals surface area contributed by atoms with Crippen LogP contribution in [-0.4, -0.2) is 39.1 Å². The van der Waals surface area contributed by atoms with E-state index in [0.29, 0.717) is 17.2 Å². The van der Waals surface area contributed by atoms with Crippen molar-refractivity contribution in [1.82, 2.24) is 0 Å². The number of amides is 2.